The van der Waals surface area contributed by atoms with Crippen LogP contribution in [0, 0.1) is 13.8 Å². The van der Waals surface area contributed by atoms with Gasteiger partial charge in [-0.15, -0.1) is 0 Å². The monoisotopic (exact) mass is 385 g/mol. The van der Waals surface area contributed by atoms with Crippen LogP contribution in [-0.4, -0.2) is 17.6 Å². The molecule has 0 radical (unpaired) electrons. The average Bonchev–Trinajstić information content (AvgIpc) is 3.13. The van der Waals surface area contributed by atoms with E-state index in [-0.39, 0.29) is 19.1 Å². The van der Waals surface area contributed by atoms with Gasteiger partial charge in [-0.05, 0) is 67.4 Å². The van der Waals surface area contributed by atoms with Gasteiger partial charge in [0.2, 0.25) is 0 Å². The molecule has 0 spiro atoms. The minimum Gasteiger partial charge on any atom is -0.484 e. The molecule has 1 heterocycles. The van der Waals surface area contributed by atoms with E-state index in [1.54, 1.807) is 30.3 Å². The Morgan fingerprint density at radius 2 is 1.93 bits per heavy atom. The highest BCUT2D eigenvalue weighted by Gasteiger charge is 2.11. The Morgan fingerprint density at radius 1 is 1.11 bits per heavy atom. The quantitative estimate of drug-likeness (QED) is 0.643. The summed E-state index contributed by atoms with van der Waals surface area (Å²) in [6, 6.07) is 14.2. The van der Waals surface area contributed by atoms with Crippen molar-refractivity contribution >= 4 is 23.2 Å². The number of nitrogens with one attached hydrogen (secondary N) is 1. The van der Waals surface area contributed by atoms with Crippen molar-refractivity contribution in [2.45, 2.75) is 20.5 Å². The van der Waals surface area contributed by atoms with Gasteiger partial charge in [0.15, 0.2) is 6.61 Å². The van der Waals surface area contributed by atoms with Crippen molar-refractivity contribution in [3.05, 3.63) is 70.4 Å². The van der Waals surface area contributed by atoms with E-state index < -0.39 is 0 Å². The summed E-state index contributed by atoms with van der Waals surface area (Å²) in [5.41, 5.74) is 3.48. The van der Waals surface area contributed by atoms with Gasteiger partial charge in [0.25, 0.3) is 5.91 Å². The van der Waals surface area contributed by atoms with Gasteiger partial charge < -0.3 is 19.6 Å². The second kappa shape index (κ2) is 8.29. The van der Waals surface area contributed by atoms with Crippen molar-refractivity contribution in [1.29, 1.82) is 0 Å². The third kappa shape index (κ3) is 4.70. The van der Waals surface area contributed by atoms with Crippen molar-refractivity contribution in [3.8, 4) is 17.1 Å². The van der Waals surface area contributed by atoms with E-state index >= 15 is 0 Å². The van der Waals surface area contributed by atoms with Crippen molar-refractivity contribution < 1.29 is 19.1 Å². The number of hydrogen-bond donors (Lipinski definition) is 2. The molecule has 0 aliphatic carbocycles. The number of aliphatic hydroxyl groups excluding tert-OH is 1. The van der Waals surface area contributed by atoms with E-state index in [9.17, 15) is 4.79 Å². The highest BCUT2D eigenvalue weighted by Crippen LogP contribution is 2.32. The number of anilines is 1. The molecule has 1 amide bonds. The van der Waals surface area contributed by atoms with Gasteiger partial charge in [0.1, 0.15) is 23.9 Å². The standard InChI is InChI=1S/C21H20ClNO4/c1-13-3-5-16(9-14(13)2)26-12-21(25)23-15-4-7-19(22)18(10-15)20-8-6-17(11-24)27-20/h3-10,24H,11-12H2,1-2H3,(H,23,25). The van der Waals surface area contributed by atoms with E-state index in [1.165, 1.54) is 5.56 Å². The number of benzene rings is 2. The van der Waals surface area contributed by atoms with E-state index in [1.807, 2.05) is 32.0 Å². The predicted octanol–water partition coefficient (Wildman–Crippen LogP) is 4.73. The first-order chi connectivity index (χ1) is 13.0. The van der Waals surface area contributed by atoms with Crippen LogP contribution in [0.4, 0.5) is 5.69 Å². The fourth-order valence-corrected chi connectivity index (χ4v) is 2.76. The molecule has 3 rings (SSSR count). The third-order valence-electron chi connectivity index (χ3n) is 4.18. The van der Waals surface area contributed by atoms with E-state index in [4.69, 9.17) is 25.9 Å². The van der Waals surface area contributed by atoms with Crippen LogP contribution in [0.3, 0.4) is 0 Å². The van der Waals surface area contributed by atoms with Crippen LogP contribution >= 0.6 is 11.6 Å². The van der Waals surface area contributed by atoms with Gasteiger partial charge in [-0.1, -0.05) is 17.7 Å². The van der Waals surface area contributed by atoms with Crippen molar-refractivity contribution in [1.82, 2.24) is 0 Å². The van der Waals surface area contributed by atoms with Crippen LogP contribution in [0.5, 0.6) is 5.75 Å². The summed E-state index contributed by atoms with van der Waals surface area (Å²) in [4.78, 5) is 12.2. The predicted molar refractivity (Wildman–Crippen MR) is 105 cm³/mol. The van der Waals surface area contributed by atoms with E-state index in [0.29, 0.717) is 33.5 Å². The molecule has 0 aliphatic rings. The number of aliphatic hydroxyl groups is 1. The molecule has 140 valence electrons. The largest absolute Gasteiger partial charge is 0.484 e. The molecule has 5 nitrogen and oxygen atoms in total. The molecular weight excluding hydrogens is 366 g/mol. The van der Waals surface area contributed by atoms with Gasteiger partial charge in [-0.25, -0.2) is 0 Å². The molecule has 0 bridgehead atoms. The lowest BCUT2D eigenvalue weighted by Crippen LogP contribution is -2.20. The number of hydrogen-bond acceptors (Lipinski definition) is 4. The van der Waals surface area contributed by atoms with Crippen molar-refractivity contribution in [2.75, 3.05) is 11.9 Å². The second-order valence-electron chi connectivity index (χ2n) is 6.20. The lowest BCUT2D eigenvalue weighted by atomic mass is 10.1. The maximum Gasteiger partial charge on any atom is 0.262 e. The second-order valence-corrected chi connectivity index (χ2v) is 6.61. The lowest BCUT2D eigenvalue weighted by Gasteiger charge is -2.10. The number of halogens is 1. The molecule has 1 aromatic heterocycles. The molecule has 0 saturated carbocycles. The van der Waals surface area contributed by atoms with Crippen molar-refractivity contribution in [3.63, 3.8) is 0 Å². The first kappa shape index (κ1) is 19.0. The number of carbonyl (C=O) groups excluding carboxylic acids is 1. The molecule has 0 saturated heterocycles. The molecular formula is C21H20ClNO4. The zero-order valence-electron chi connectivity index (χ0n) is 15.1. The molecule has 6 heteroatoms. The molecule has 3 aromatic rings. The number of rotatable bonds is 6. The summed E-state index contributed by atoms with van der Waals surface area (Å²) in [7, 11) is 0. The first-order valence-electron chi connectivity index (χ1n) is 8.45. The van der Waals surface area contributed by atoms with Gasteiger partial charge in [0.05, 0.1) is 5.02 Å². The fourth-order valence-electron chi connectivity index (χ4n) is 2.55. The third-order valence-corrected chi connectivity index (χ3v) is 4.51. The Balaban J connectivity index is 1.67. The topological polar surface area (TPSA) is 71.7 Å². The van der Waals surface area contributed by atoms with Crippen LogP contribution in [0.15, 0.2) is 52.9 Å². The summed E-state index contributed by atoms with van der Waals surface area (Å²) in [6.45, 7) is 3.72. The van der Waals surface area contributed by atoms with Crippen LogP contribution in [-0.2, 0) is 11.4 Å². The van der Waals surface area contributed by atoms with E-state index in [2.05, 4.69) is 5.32 Å². The number of amides is 1. The highest BCUT2D eigenvalue weighted by atomic mass is 35.5. The highest BCUT2D eigenvalue weighted by molar-refractivity contribution is 6.33. The Morgan fingerprint density at radius 3 is 2.63 bits per heavy atom. The maximum atomic E-state index is 12.2. The summed E-state index contributed by atoms with van der Waals surface area (Å²) < 4.78 is 11.1. The molecule has 27 heavy (non-hydrogen) atoms. The van der Waals surface area contributed by atoms with Crippen LogP contribution in [0.2, 0.25) is 5.02 Å². The van der Waals surface area contributed by atoms with Crippen molar-refractivity contribution in [2.24, 2.45) is 0 Å². The summed E-state index contributed by atoms with van der Waals surface area (Å²) in [6.07, 6.45) is 0. The Kier molecular flexibility index (Phi) is 5.84. The van der Waals surface area contributed by atoms with Gasteiger partial charge in [-0.2, -0.15) is 0 Å². The Labute approximate surface area is 162 Å². The number of ether oxygens (including phenoxy) is 1. The fraction of sp³-hybridized carbons (Fsp3) is 0.190. The van der Waals surface area contributed by atoms with Crippen LogP contribution in [0.1, 0.15) is 16.9 Å². The minimum absolute atomic E-state index is 0.101. The zero-order chi connectivity index (χ0) is 19.4. The van der Waals surface area contributed by atoms with Crippen LogP contribution in [0.25, 0.3) is 11.3 Å². The number of furan rings is 1. The minimum atomic E-state index is -0.281. The zero-order valence-corrected chi connectivity index (χ0v) is 15.8. The van der Waals surface area contributed by atoms with Gasteiger partial charge in [0, 0.05) is 11.3 Å². The smallest absolute Gasteiger partial charge is 0.262 e. The molecule has 0 atom stereocenters. The molecule has 0 unspecified atom stereocenters. The molecule has 2 aromatic carbocycles. The van der Waals surface area contributed by atoms with Crippen LogP contribution < -0.4 is 10.1 Å². The first-order valence-corrected chi connectivity index (χ1v) is 8.83. The molecule has 0 aliphatic heterocycles. The normalized spacial score (nSPS) is 10.7. The number of carbonyl (C=O) groups is 1. The summed E-state index contributed by atoms with van der Waals surface area (Å²) in [5.74, 6) is 1.33. The summed E-state index contributed by atoms with van der Waals surface area (Å²) >= 11 is 6.23. The van der Waals surface area contributed by atoms with E-state index in [0.717, 1.165) is 5.56 Å². The lowest BCUT2D eigenvalue weighted by molar-refractivity contribution is -0.118. The number of aryl methyl sites for hydroxylation is 2. The molecule has 0 fully saturated rings. The Hall–Kier alpha value is -2.76. The van der Waals surface area contributed by atoms with Gasteiger partial charge >= 0.3 is 0 Å². The SMILES string of the molecule is Cc1ccc(OCC(=O)Nc2ccc(Cl)c(-c3ccc(CO)o3)c2)cc1C. The summed E-state index contributed by atoms with van der Waals surface area (Å²) in [5, 5.41) is 12.4. The average molecular weight is 386 g/mol. The Bertz CT molecular complexity index is 965. The van der Waals surface area contributed by atoms with Gasteiger partial charge in [-0.3, -0.25) is 4.79 Å². The maximum absolute atomic E-state index is 12.2. The molecule has 2 N–H and O–H groups in total.